The van der Waals surface area contributed by atoms with Gasteiger partial charge in [0.2, 0.25) is 11.8 Å². The van der Waals surface area contributed by atoms with E-state index >= 15 is 0 Å². The highest BCUT2D eigenvalue weighted by Crippen LogP contribution is 2.28. The summed E-state index contributed by atoms with van der Waals surface area (Å²) in [5.74, 6) is 0.619. The second kappa shape index (κ2) is 19.8. The van der Waals surface area contributed by atoms with Crippen LogP contribution in [-0.2, 0) is 16.0 Å². The molecule has 0 radical (unpaired) electrons. The minimum Gasteiger partial charge on any atom is -0.493 e. The first-order valence-corrected chi connectivity index (χ1v) is 17.6. The maximum atomic E-state index is 13.6. The summed E-state index contributed by atoms with van der Waals surface area (Å²) < 4.78 is 23.0. The van der Waals surface area contributed by atoms with Gasteiger partial charge in [0.15, 0.2) is 11.5 Å². The second-order valence-electron chi connectivity index (χ2n) is 12.6. The number of ether oxygens (including phenoxy) is 4. The summed E-state index contributed by atoms with van der Waals surface area (Å²) in [5.41, 5.74) is 1.67. The van der Waals surface area contributed by atoms with Gasteiger partial charge in [-0.05, 0) is 80.5 Å². The molecule has 1 heterocycles. The first-order chi connectivity index (χ1) is 24.7. The summed E-state index contributed by atoms with van der Waals surface area (Å²) in [6.07, 6.45) is 1.85. The third-order valence-corrected chi connectivity index (χ3v) is 8.45. The molecule has 1 aliphatic rings. The molecule has 2 atom stereocenters. The average Bonchev–Trinajstić information content (AvgIpc) is 3.13. The van der Waals surface area contributed by atoms with Crippen molar-refractivity contribution in [1.82, 2.24) is 21.3 Å². The van der Waals surface area contributed by atoms with Crippen molar-refractivity contribution in [2.24, 2.45) is 5.92 Å². The van der Waals surface area contributed by atoms with Crippen LogP contribution in [0.15, 0.2) is 66.7 Å². The molecular formula is C39H50N4O8. The highest BCUT2D eigenvalue weighted by atomic mass is 16.5. The lowest BCUT2D eigenvalue weighted by Gasteiger charge is -2.24. The first kappa shape index (κ1) is 38.5. The fourth-order valence-corrected chi connectivity index (χ4v) is 5.52. The van der Waals surface area contributed by atoms with Crippen LogP contribution >= 0.6 is 0 Å². The van der Waals surface area contributed by atoms with Crippen molar-refractivity contribution in [2.45, 2.75) is 65.0 Å². The van der Waals surface area contributed by atoms with Crippen LogP contribution in [0.25, 0.3) is 0 Å². The Balaban J connectivity index is 1.47. The van der Waals surface area contributed by atoms with Gasteiger partial charge < -0.3 is 40.2 Å². The Morgan fingerprint density at radius 1 is 0.922 bits per heavy atom. The molecule has 0 fully saturated rings. The number of hydrogen-bond donors (Lipinski definition) is 4. The zero-order chi connectivity index (χ0) is 36.6. The fraction of sp³-hybridized carbons (Fsp3) is 0.436. The lowest BCUT2D eigenvalue weighted by atomic mass is 10.0. The van der Waals surface area contributed by atoms with Crippen molar-refractivity contribution in [3.05, 3.63) is 83.4 Å². The van der Waals surface area contributed by atoms with Crippen molar-refractivity contribution < 1.29 is 38.1 Å². The van der Waals surface area contributed by atoms with Gasteiger partial charge in [0.25, 0.3) is 11.8 Å². The number of carbonyl (C=O) groups excluding carboxylic acids is 4. The van der Waals surface area contributed by atoms with Gasteiger partial charge in [0.05, 0.1) is 37.5 Å². The van der Waals surface area contributed by atoms with Gasteiger partial charge >= 0.3 is 0 Å². The molecule has 0 spiro atoms. The lowest BCUT2D eigenvalue weighted by molar-refractivity contribution is -0.124. The zero-order valence-corrected chi connectivity index (χ0v) is 29.9. The normalized spacial score (nSPS) is 17.6. The van der Waals surface area contributed by atoms with E-state index in [1.165, 1.54) is 0 Å². The number of rotatable bonds is 9. The number of benzene rings is 3. The maximum absolute atomic E-state index is 13.6. The largest absolute Gasteiger partial charge is 0.493 e. The van der Waals surface area contributed by atoms with E-state index in [1.807, 2.05) is 39.0 Å². The number of aryl methyl sites for hydroxylation is 1. The number of nitrogens with one attached hydrogen (secondary N) is 4. The van der Waals surface area contributed by atoms with Gasteiger partial charge in [-0.25, -0.2) is 0 Å². The van der Waals surface area contributed by atoms with Crippen molar-refractivity contribution in [2.75, 3.05) is 40.0 Å². The monoisotopic (exact) mass is 702 g/mol. The summed E-state index contributed by atoms with van der Waals surface area (Å²) in [6, 6.07) is 18.1. The summed E-state index contributed by atoms with van der Waals surface area (Å²) in [4.78, 5) is 53.3. The van der Waals surface area contributed by atoms with E-state index in [0.717, 1.165) is 5.56 Å². The summed E-state index contributed by atoms with van der Waals surface area (Å²) >= 11 is 0. The van der Waals surface area contributed by atoms with Crippen LogP contribution in [0.3, 0.4) is 0 Å². The molecule has 0 aromatic heterocycles. The van der Waals surface area contributed by atoms with Gasteiger partial charge in [0, 0.05) is 19.5 Å². The molecule has 12 nitrogen and oxygen atoms in total. The van der Waals surface area contributed by atoms with Crippen LogP contribution < -0.4 is 40.2 Å². The third kappa shape index (κ3) is 11.7. The average molecular weight is 703 g/mol. The van der Waals surface area contributed by atoms with Crippen molar-refractivity contribution in [1.29, 1.82) is 0 Å². The Morgan fingerprint density at radius 2 is 1.63 bits per heavy atom. The molecule has 4 rings (SSSR count). The maximum Gasteiger partial charge on any atom is 0.255 e. The Kier molecular flexibility index (Phi) is 15.0. The first-order valence-electron chi connectivity index (χ1n) is 17.6. The van der Waals surface area contributed by atoms with E-state index in [4.69, 9.17) is 18.9 Å². The van der Waals surface area contributed by atoms with Gasteiger partial charge in [-0.1, -0.05) is 44.2 Å². The van der Waals surface area contributed by atoms with E-state index < -0.39 is 17.9 Å². The molecule has 51 heavy (non-hydrogen) atoms. The topological polar surface area (TPSA) is 153 Å². The summed E-state index contributed by atoms with van der Waals surface area (Å²) in [7, 11) is 1.59. The second-order valence-corrected chi connectivity index (χ2v) is 12.6. The van der Waals surface area contributed by atoms with E-state index in [2.05, 4.69) is 21.3 Å². The molecule has 0 bridgehead atoms. The minimum atomic E-state index is -0.983. The predicted molar refractivity (Wildman–Crippen MR) is 194 cm³/mol. The van der Waals surface area contributed by atoms with E-state index in [0.29, 0.717) is 67.5 Å². The van der Waals surface area contributed by atoms with E-state index in [9.17, 15) is 19.2 Å². The summed E-state index contributed by atoms with van der Waals surface area (Å²) in [5, 5.41) is 11.7. The fourth-order valence-electron chi connectivity index (χ4n) is 5.52. The van der Waals surface area contributed by atoms with Crippen LogP contribution in [0.4, 0.5) is 0 Å². The van der Waals surface area contributed by atoms with Crippen LogP contribution in [-0.4, -0.2) is 75.7 Å². The third-order valence-electron chi connectivity index (χ3n) is 8.45. The predicted octanol–water partition coefficient (Wildman–Crippen LogP) is 4.45. The molecule has 4 N–H and O–H groups in total. The molecular weight excluding hydrogens is 652 g/mol. The van der Waals surface area contributed by atoms with Gasteiger partial charge in [0.1, 0.15) is 24.1 Å². The minimum absolute atomic E-state index is 0.0124. The van der Waals surface area contributed by atoms with Crippen molar-refractivity contribution >= 4 is 23.6 Å². The SMILES string of the molecule is CCOc1ccc(CCCNC(=O)[C@@H]2CCC(=O)N[C@@H](C(C)C)COc3ccccc3C(=O)NCCCOc3ccccc3C(=O)N2)cc1OC. The molecule has 0 saturated heterocycles. The van der Waals surface area contributed by atoms with E-state index in [1.54, 1.807) is 55.6 Å². The number of para-hydroxylation sites is 2. The number of methoxy groups -OCH3 is 1. The Bertz CT molecular complexity index is 1630. The van der Waals surface area contributed by atoms with Crippen LogP contribution in [0.2, 0.25) is 0 Å². The molecule has 0 aliphatic carbocycles. The molecule has 3 aromatic carbocycles. The van der Waals surface area contributed by atoms with Crippen molar-refractivity contribution in [3.63, 3.8) is 0 Å². The number of fused-ring (bicyclic) bond motifs is 2. The number of hydrogen-bond acceptors (Lipinski definition) is 8. The molecule has 3 aromatic rings. The highest BCUT2D eigenvalue weighted by Gasteiger charge is 2.25. The van der Waals surface area contributed by atoms with Gasteiger partial charge in [-0.15, -0.1) is 0 Å². The Morgan fingerprint density at radius 3 is 2.33 bits per heavy atom. The standard InChI is InChI=1S/C39H50N4O8/c1-5-49-34-19-17-27(24-35(34)48-4)12-10-21-41-39(47)30-18-20-36(44)42-31(26(2)3)25-51-33-16-9-6-13-28(33)37(45)40-22-11-23-50-32-15-8-7-14-29(32)38(46)43-30/h6-9,13-17,19,24,26,30-31H,5,10-12,18,20-23,25H2,1-4H3,(H,40,45)(H,41,47)(H,42,44)(H,43,46)/t30-,31+/m0/s1. The van der Waals surface area contributed by atoms with Crippen molar-refractivity contribution in [3.8, 4) is 23.0 Å². The van der Waals surface area contributed by atoms with Crippen LogP contribution in [0, 0.1) is 5.92 Å². The zero-order valence-electron chi connectivity index (χ0n) is 29.9. The molecule has 274 valence electrons. The molecule has 1 aliphatic heterocycles. The summed E-state index contributed by atoms with van der Waals surface area (Å²) in [6.45, 7) is 7.44. The van der Waals surface area contributed by atoms with E-state index in [-0.39, 0.29) is 55.4 Å². The number of carbonyl (C=O) groups is 4. The molecule has 0 saturated carbocycles. The van der Waals surface area contributed by atoms with Crippen LogP contribution in [0.1, 0.15) is 72.7 Å². The van der Waals surface area contributed by atoms with Gasteiger partial charge in [-0.2, -0.15) is 0 Å². The lowest BCUT2D eigenvalue weighted by Crippen LogP contribution is -2.48. The Hall–Kier alpha value is -5.26. The molecule has 0 unspecified atom stereocenters. The molecule has 12 heteroatoms. The molecule has 4 amide bonds. The smallest absolute Gasteiger partial charge is 0.255 e. The highest BCUT2D eigenvalue weighted by molar-refractivity contribution is 6.00. The van der Waals surface area contributed by atoms with Crippen LogP contribution in [0.5, 0.6) is 23.0 Å². The Labute approximate surface area is 300 Å². The quantitative estimate of drug-likeness (QED) is 0.239. The number of amides is 4. The van der Waals surface area contributed by atoms with Gasteiger partial charge in [-0.3, -0.25) is 19.2 Å².